The third-order valence-corrected chi connectivity index (χ3v) is 2.78. The maximum atomic E-state index is 11.0. The Labute approximate surface area is 114 Å². The molecule has 7 heteroatoms. The van der Waals surface area contributed by atoms with Crippen molar-refractivity contribution in [3.63, 3.8) is 0 Å². The molecule has 0 fully saturated rings. The summed E-state index contributed by atoms with van der Waals surface area (Å²) in [6.45, 7) is 1.83. The summed E-state index contributed by atoms with van der Waals surface area (Å²) in [6.07, 6.45) is 1.53. The molecule has 20 heavy (non-hydrogen) atoms. The van der Waals surface area contributed by atoms with Crippen LogP contribution in [-0.4, -0.2) is 16.0 Å². The summed E-state index contributed by atoms with van der Waals surface area (Å²) in [6, 6.07) is 7.20. The Morgan fingerprint density at radius 1 is 1.45 bits per heavy atom. The molecular formula is C13H12N2O5. The second-order valence-electron chi connectivity index (χ2n) is 4.18. The largest absolute Gasteiger partial charge is 0.477 e. The van der Waals surface area contributed by atoms with Crippen molar-refractivity contribution in [3.8, 4) is 0 Å². The monoisotopic (exact) mass is 276 g/mol. The predicted molar refractivity (Wildman–Crippen MR) is 70.8 cm³/mol. The number of nitro benzene ring substituents is 1. The Bertz CT molecular complexity index is 636. The number of hydrogen-bond acceptors (Lipinski definition) is 5. The maximum Gasteiger partial charge on any atom is 0.342 e. The van der Waals surface area contributed by atoms with E-state index >= 15 is 0 Å². The molecule has 0 bridgehead atoms. The Morgan fingerprint density at radius 2 is 2.20 bits per heavy atom. The molecule has 1 aromatic carbocycles. The van der Waals surface area contributed by atoms with E-state index in [0.29, 0.717) is 11.4 Å². The number of carboxylic acids is 1. The molecule has 104 valence electrons. The number of anilines is 1. The first kappa shape index (κ1) is 13.6. The summed E-state index contributed by atoms with van der Waals surface area (Å²) in [4.78, 5) is 21.1. The highest BCUT2D eigenvalue weighted by Crippen LogP contribution is 2.25. The quantitative estimate of drug-likeness (QED) is 0.642. The van der Waals surface area contributed by atoms with Crippen LogP contribution in [0.2, 0.25) is 0 Å². The molecular weight excluding hydrogens is 264 g/mol. The SMILES string of the molecule is CC(Nc1ccc([N+](=O)[O-])c(C(=O)O)c1)c1ccco1. The van der Waals surface area contributed by atoms with Gasteiger partial charge < -0.3 is 14.8 Å². The van der Waals surface area contributed by atoms with Gasteiger partial charge in [-0.1, -0.05) is 0 Å². The minimum Gasteiger partial charge on any atom is -0.477 e. The molecule has 2 rings (SSSR count). The molecule has 0 aliphatic heterocycles. The molecule has 2 N–H and O–H groups in total. The number of carbonyl (C=O) groups is 1. The van der Waals surface area contributed by atoms with Gasteiger partial charge in [-0.2, -0.15) is 0 Å². The van der Waals surface area contributed by atoms with Crippen LogP contribution >= 0.6 is 0 Å². The molecule has 0 radical (unpaired) electrons. The second kappa shape index (κ2) is 5.43. The molecule has 0 aliphatic rings. The fourth-order valence-corrected chi connectivity index (χ4v) is 1.82. The van der Waals surface area contributed by atoms with Gasteiger partial charge in [-0.05, 0) is 31.2 Å². The zero-order valence-corrected chi connectivity index (χ0v) is 10.6. The lowest BCUT2D eigenvalue weighted by atomic mass is 10.1. The van der Waals surface area contributed by atoms with Gasteiger partial charge in [0, 0.05) is 11.8 Å². The first-order valence-corrected chi connectivity index (χ1v) is 5.80. The van der Waals surface area contributed by atoms with Gasteiger partial charge in [0.1, 0.15) is 11.3 Å². The maximum absolute atomic E-state index is 11.0. The van der Waals surface area contributed by atoms with E-state index in [1.807, 2.05) is 6.92 Å². The van der Waals surface area contributed by atoms with Crippen LogP contribution in [0.4, 0.5) is 11.4 Å². The highest BCUT2D eigenvalue weighted by atomic mass is 16.6. The van der Waals surface area contributed by atoms with Crippen LogP contribution < -0.4 is 5.32 Å². The van der Waals surface area contributed by atoms with Crippen molar-refractivity contribution in [2.75, 3.05) is 5.32 Å². The van der Waals surface area contributed by atoms with Gasteiger partial charge >= 0.3 is 5.97 Å². The molecule has 2 aromatic rings. The summed E-state index contributed by atoms with van der Waals surface area (Å²) in [5, 5.41) is 22.8. The molecule has 0 aliphatic carbocycles. The number of rotatable bonds is 5. The fourth-order valence-electron chi connectivity index (χ4n) is 1.82. The zero-order chi connectivity index (χ0) is 14.7. The molecule has 0 amide bonds. The zero-order valence-electron chi connectivity index (χ0n) is 10.6. The lowest BCUT2D eigenvalue weighted by molar-refractivity contribution is -0.385. The third kappa shape index (κ3) is 2.77. The van der Waals surface area contributed by atoms with Crippen molar-refractivity contribution < 1.29 is 19.2 Å². The summed E-state index contributed by atoms with van der Waals surface area (Å²) >= 11 is 0. The number of hydrogen-bond donors (Lipinski definition) is 2. The Kier molecular flexibility index (Phi) is 3.69. The van der Waals surface area contributed by atoms with Crippen LogP contribution in [0, 0.1) is 10.1 Å². The molecule has 0 spiro atoms. The number of nitrogens with one attached hydrogen (secondary N) is 1. The van der Waals surface area contributed by atoms with Crippen LogP contribution in [0.3, 0.4) is 0 Å². The Hall–Kier alpha value is -2.83. The average Bonchev–Trinajstić information content (AvgIpc) is 2.92. The van der Waals surface area contributed by atoms with Gasteiger partial charge in [-0.25, -0.2) is 4.79 Å². The van der Waals surface area contributed by atoms with E-state index in [1.165, 1.54) is 24.5 Å². The van der Waals surface area contributed by atoms with Gasteiger partial charge in [-0.3, -0.25) is 10.1 Å². The smallest absolute Gasteiger partial charge is 0.342 e. The number of aromatic carboxylic acids is 1. The number of carboxylic acid groups (broad SMARTS) is 1. The lowest BCUT2D eigenvalue weighted by Crippen LogP contribution is -2.08. The first-order chi connectivity index (χ1) is 9.49. The second-order valence-corrected chi connectivity index (χ2v) is 4.18. The normalized spacial score (nSPS) is 11.8. The Morgan fingerprint density at radius 3 is 2.75 bits per heavy atom. The van der Waals surface area contributed by atoms with Crippen molar-refractivity contribution in [3.05, 3.63) is 58.0 Å². The third-order valence-electron chi connectivity index (χ3n) is 2.78. The molecule has 1 atom stereocenters. The topological polar surface area (TPSA) is 106 Å². The van der Waals surface area contributed by atoms with E-state index in [0.717, 1.165) is 0 Å². The first-order valence-electron chi connectivity index (χ1n) is 5.80. The summed E-state index contributed by atoms with van der Waals surface area (Å²) in [7, 11) is 0. The summed E-state index contributed by atoms with van der Waals surface area (Å²) in [5.41, 5.74) is -0.322. The van der Waals surface area contributed by atoms with Gasteiger partial charge in [0.05, 0.1) is 17.2 Å². The van der Waals surface area contributed by atoms with Crippen LogP contribution in [0.5, 0.6) is 0 Å². The van der Waals surface area contributed by atoms with Crippen LogP contribution in [-0.2, 0) is 0 Å². The summed E-state index contributed by atoms with van der Waals surface area (Å²) in [5.74, 6) is -0.661. The van der Waals surface area contributed by atoms with E-state index in [-0.39, 0.29) is 11.6 Å². The van der Waals surface area contributed by atoms with Crippen molar-refractivity contribution in [1.29, 1.82) is 0 Å². The van der Waals surface area contributed by atoms with E-state index < -0.39 is 16.6 Å². The van der Waals surface area contributed by atoms with Gasteiger partial charge in [0.15, 0.2) is 0 Å². The lowest BCUT2D eigenvalue weighted by Gasteiger charge is -2.13. The summed E-state index contributed by atoms with van der Waals surface area (Å²) < 4.78 is 5.22. The van der Waals surface area contributed by atoms with Gasteiger partial charge in [-0.15, -0.1) is 0 Å². The molecule has 1 heterocycles. The average molecular weight is 276 g/mol. The molecule has 1 unspecified atom stereocenters. The fraction of sp³-hybridized carbons (Fsp3) is 0.154. The number of furan rings is 1. The van der Waals surface area contributed by atoms with Crippen LogP contribution in [0.1, 0.15) is 29.1 Å². The van der Waals surface area contributed by atoms with Crippen molar-refractivity contribution in [1.82, 2.24) is 0 Å². The van der Waals surface area contributed by atoms with Crippen molar-refractivity contribution in [2.24, 2.45) is 0 Å². The van der Waals surface area contributed by atoms with E-state index in [9.17, 15) is 14.9 Å². The van der Waals surface area contributed by atoms with Crippen molar-refractivity contribution >= 4 is 17.3 Å². The minimum absolute atomic E-state index is 0.187. The number of benzene rings is 1. The van der Waals surface area contributed by atoms with Crippen LogP contribution in [0.15, 0.2) is 41.0 Å². The highest BCUT2D eigenvalue weighted by molar-refractivity contribution is 5.93. The highest BCUT2D eigenvalue weighted by Gasteiger charge is 2.20. The molecule has 7 nitrogen and oxygen atoms in total. The van der Waals surface area contributed by atoms with Crippen LogP contribution in [0.25, 0.3) is 0 Å². The number of nitrogens with zero attached hydrogens (tertiary/aromatic N) is 1. The molecule has 1 aromatic heterocycles. The van der Waals surface area contributed by atoms with Gasteiger partial charge in [0.25, 0.3) is 5.69 Å². The van der Waals surface area contributed by atoms with E-state index in [2.05, 4.69) is 5.32 Å². The Balaban J connectivity index is 2.27. The number of nitro groups is 1. The standard InChI is InChI=1S/C13H12N2O5/c1-8(12-3-2-6-20-12)14-9-4-5-11(15(18)19)10(7-9)13(16)17/h2-8,14H,1H3,(H,16,17). The predicted octanol–water partition coefficient (Wildman–Crippen LogP) is 3.06. The van der Waals surface area contributed by atoms with E-state index in [1.54, 1.807) is 12.1 Å². The molecule has 0 saturated heterocycles. The minimum atomic E-state index is -1.34. The van der Waals surface area contributed by atoms with Gasteiger partial charge in [0.2, 0.25) is 0 Å². The van der Waals surface area contributed by atoms with Crippen molar-refractivity contribution in [2.45, 2.75) is 13.0 Å². The molecule has 0 saturated carbocycles. The van der Waals surface area contributed by atoms with E-state index in [4.69, 9.17) is 9.52 Å².